The largest absolute Gasteiger partial charge is 0.490 e. The van der Waals surface area contributed by atoms with Crippen molar-refractivity contribution < 1.29 is 13.9 Å². The van der Waals surface area contributed by atoms with Gasteiger partial charge in [0.15, 0.2) is 0 Å². The molecule has 1 N–H and O–H groups in total. The molecule has 2 saturated heterocycles. The molecule has 218 valence electrons. The first-order valence-electron chi connectivity index (χ1n) is 14.7. The third-order valence-electron chi connectivity index (χ3n) is 8.46. The number of hydrogen-bond acceptors (Lipinski definition) is 6. The molecule has 42 heavy (non-hydrogen) atoms. The van der Waals surface area contributed by atoms with Gasteiger partial charge in [0.1, 0.15) is 17.7 Å². The second kappa shape index (κ2) is 12.3. The maximum atomic E-state index is 14.1. The number of anilines is 1. The van der Waals surface area contributed by atoms with Crippen LogP contribution in [-0.4, -0.2) is 71.3 Å². The van der Waals surface area contributed by atoms with Crippen LogP contribution in [0.5, 0.6) is 5.75 Å². The van der Waals surface area contributed by atoms with Gasteiger partial charge in [-0.15, -0.1) is 0 Å². The minimum atomic E-state index is -0.459. The second-order valence-corrected chi connectivity index (χ2v) is 11.2. The van der Waals surface area contributed by atoms with E-state index < -0.39 is 5.92 Å². The van der Waals surface area contributed by atoms with Crippen molar-refractivity contribution in [2.24, 2.45) is 0 Å². The van der Waals surface area contributed by atoms with Gasteiger partial charge in [-0.05, 0) is 42.8 Å². The van der Waals surface area contributed by atoms with E-state index in [0.717, 1.165) is 51.3 Å². The average Bonchev–Trinajstić information content (AvgIpc) is 3.03. The summed E-state index contributed by atoms with van der Waals surface area (Å²) in [6.07, 6.45) is 1.56. The summed E-state index contributed by atoms with van der Waals surface area (Å²) in [5, 5.41) is 8.03. The van der Waals surface area contributed by atoms with Crippen LogP contribution in [0.4, 0.5) is 10.1 Å². The minimum absolute atomic E-state index is 0.0113. The number of benzene rings is 3. The standard InChI is InChI=1S/C33H36FN5O3/c1-23(31-27-6-2-3-7-28(27)32(40)36-35-31)33(41)39-16-14-26(15-17-39)42-25-12-10-24(11-13-25)22-37-18-20-38(21-19-37)30-9-5-4-8-29(30)34/h2-13,23,26H,14-22H2,1H3,(H,36,40)/t23-/m0/s1. The molecule has 4 aromatic rings. The van der Waals surface area contributed by atoms with Gasteiger partial charge in [0, 0.05) is 64.0 Å². The van der Waals surface area contributed by atoms with E-state index in [1.165, 1.54) is 11.6 Å². The Hall–Kier alpha value is -4.24. The van der Waals surface area contributed by atoms with Crippen molar-refractivity contribution in [1.29, 1.82) is 0 Å². The summed E-state index contributed by atoms with van der Waals surface area (Å²) >= 11 is 0. The van der Waals surface area contributed by atoms with Gasteiger partial charge in [0.05, 0.1) is 22.7 Å². The Morgan fingerprint density at radius 1 is 0.929 bits per heavy atom. The number of carbonyl (C=O) groups is 1. The molecule has 0 radical (unpaired) electrons. The maximum Gasteiger partial charge on any atom is 0.272 e. The summed E-state index contributed by atoms with van der Waals surface area (Å²) in [5.41, 5.74) is 2.25. The number of halogens is 1. The van der Waals surface area contributed by atoms with Gasteiger partial charge in [-0.2, -0.15) is 5.10 Å². The molecule has 1 atom stereocenters. The van der Waals surface area contributed by atoms with Crippen LogP contribution in [-0.2, 0) is 11.3 Å². The molecule has 0 spiro atoms. The molecule has 9 heteroatoms. The van der Waals surface area contributed by atoms with Gasteiger partial charge in [-0.1, -0.05) is 42.5 Å². The van der Waals surface area contributed by atoms with E-state index in [0.29, 0.717) is 35.2 Å². The number of para-hydroxylation sites is 1. The van der Waals surface area contributed by atoms with E-state index >= 15 is 0 Å². The first-order chi connectivity index (χ1) is 20.5. The normalized spacial score (nSPS) is 17.4. The number of hydrogen-bond donors (Lipinski definition) is 1. The number of piperazine rings is 1. The average molecular weight is 570 g/mol. The molecule has 2 aliphatic rings. The number of likely N-dealkylation sites (tertiary alicyclic amines) is 1. The van der Waals surface area contributed by atoms with Gasteiger partial charge in [0.25, 0.3) is 5.56 Å². The lowest BCUT2D eigenvalue weighted by Gasteiger charge is -2.36. The zero-order chi connectivity index (χ0) is 29.1. The minimum Gasteiger partial charge on any atom is -0.490 e. The van der Waals surface area contributed by atoms with Gasteiger partial charge in [0.2, 0.25) is 5.91 Å². The number of rotatable bonds is 7. The molecule has 8 nitrogen and oxygen atoms in total. The highest BCUT2D eigenvalue weighted by atomic mass is 19.1. The number of amides is 1. The summed E-state index contributed by atoms with van der Waals surface area (Å²) in [6, 6.07) is 22.5. The third kappa shape index (κ3) is 6.01. The Balaban J connectivity index is 0.976. The lowest BCUT2D eigenvalue weighted by atomic mass is 9.98. The topological polar surface area (TPSA) is 81.8 Å². The summed E-state index contributed by atoms with van der Waals surface area (Å²) in [6.45, 7) is 7.32. The van der Waals surface area contributed by atoms with E-state index in [1.54, 1.807) is 12.1 Å². The number of fused-ring (bicyclic) bond motifs is 1. The zero-order valence-electron chi connectivity index (χ0n) is 23.8. The zero-order valence-corrected chi connectivity index (χ0v) is 23.8. The van der Waals surface area contributed by atoms with E-state index in [4.69, 9.17) is 4.74 Å². The molecule has 3 heterocycles. The Morgan fingerprint density at radius 2 is 1.60 bits per heavy atom. The quantitative estimate of drug-likeness (QED) is 0.352. The summed E-state index contributed by atoms with van der Waals surface area (Å²) in [7, 11) is 0. The lowest BCUT2D eigenvalue weighted by molar-refractivity contribution is -0.134. The van der Waals surface area contributed by atoms with Crippen LogP contribution in [0.15, 0.2) is 77.6 Å². The van der Waals surface area contributed by atoms with Crippen molar-refractivity contribution in [3.05, 3.63) is 100 Å². The van der Waals surface area contributed by atoms with Gasteiger partial charge in [-0.25, -0.2) is 9.49 Å². The van der Waals surface area contributed by atoms with Crippen molar-refractivity contribution in [2.75, 3.05) is 44.2 Å². The highest BCUT2D eigenvalue weighted by Gasteiger charge is 2.29. The molecule has 6 rings (SSSR count). The van der Waals surface area contributed by atoms with Crippen LogP contribution in [0.1, 0.15) is 36.9 Å². The van der Waals surface area contributed by atoms with Crippen LogP contribution >= 0.6 is 0 Å². The molecule has 2 aliphatic heterocycles. The number of H-pyrrole nitrogens is 1. The molecule has 0 unspecified atom stereocenters. The second-order valence-electron chi connectivity index (χ2n) is 11.2. The monoisotopic (exact) mass is 569 g/mol. The molecule has 0 saturated carbocycles. The van der Waals surface area contributed by atoms with E-state index in [1.807, 2.05) is 54.3 Å². The highest BCUT2D eigenvalue weighted by molar-refractivity contribution is 5.91. The van der Waals surface area contributed by atoms with Crippen LogP contribution in [0.2, 0.25) is 0 Å². The van der Waals surface area contributed by atoms with Crippen molar-refractivity contribution >= 4 is 22.4 Å². The van der Waals surface area contributed by atoms with Crippen molar-refractivity contribution in [1.82, 2.24) is 20.0 Å². The number of aromatic nitrogens is 2. The summed E-state index contributed by atoms with van der Waals surface area (Å²) in [4.78, 5) is 31.9. The van der Waals surface area contributed by atoms with Crippen LogP contribution < -0.4 is 15.2 Å². The first kappa shape index (κ1) is 27.9. The SMILES string of the molecule is C[C@H](C(=O)N1CCC(Oc2ccc(CN3CCN(c4ccccc4F)CC3)cc2)CC1)c1n[nH]c(=O)c2ccccc12. The summed E-state index contributed by atoms with van der Waals surface area (Å²) < 4.78 is 20.4. The molecule has 1 amide bonds. The molecule has 0 aliphatic carbocycles. The van der Waals surface area contributed by atoms with Crippen molar-refractivity contribution in [2.45, 2.75) is 38.3 Å². The number of ether oxygens (including phenoxy) is 1. The fourth-order valence-corrected chi connectivity index (χ4v) is 6.03. The Bertz CT molecular complexity index is 1590. The molecular weight excluding hydrogens is 533 g/mol. The number of carbonyl (C=O) groups excluding carboxylic acids is 1. The Morgan fingerprint density at radius 3 is 2.31 bits per heavy atom. The molecule has 2 fully saturated rings. The van der Waals surface area contributed by atoms with Crippen LogP contribution in [0.25, 0.3) is 10.8 Å². The predicted octanol–water partition coefficient (Wildman–Crippen LogP) is 4.56. The highest BCUT2D eigenvalue weighted by Crippen LogP contribution is 2.26. The van der Waals surface area contributed by atoms with E-state index in [2.05, 4.69) is 32.1 Å². The van der Waals surface area contributed by atoms with Gasteiger partial charge >= 0.3 is 0 Å². The fourth-order valence-electron chi connectivity index (χ4n) is 6.03. The van der Waals surface area contributed by atoms with Gasteiger partial charge < -0.3 is 14.5 Å². The van der Waals surface area contributed by atoms with Crippen molar-refractivity contribution in [3.63, 3.8) is 0 Å². The predicted molar refractivity (Wildman–Crippen MR) is 161 cm³/mol. The van der Waals surface area contributed by atoms with E-state index in [9.17, 15) is 14.0 Å². The number of piperidine rings is 1. The smallest absolute Gasteiger partial charge is 0.272 e. The third-order valence-corrected chi connectivity index (χ3v) is 8.46. The molecule has 1 aromatic heterocycles. The summed E-state index contributed by atoms with van der Waals surface area (Å²) in [5.74, 6) is 0.229. The maximum absolute atomic E-state index is 14.1. The molecular formula is C33H36FN5O3. The number of nitrogens with one attached hydrogen (secondary N) is 1. The van der Waals surface area contributed by atoms with Crippen LogP contribution in [0.3, 0.4) is 0 Å². The Kier molecular flexibility index (Phi) is 8.19. The Labute approximate surface area is 244 Å². The lowest BCUT2D eigenvalue weighted by Crippen LogP contribution is -2.46. The van der Waals surface area contributed by atoms with E-state index in [-0.39, 0.29) is 23.4 Å². The fraction of sp³-hybridized carbons (Fsp3) is 0.364. The number of nitrogens with zero attached hydrogens (tertiary/aromatic N) is 4. The molecule has 3 aromatic carbocycles. The van der Waals surface area contributed by atoms with Crippen molar-refractivity contribution in [3.8, 4) is 5.75 Å². The number of aromatic amines is 1. The first-order valence-corrected chi connectivity index (χ1v) is 14.7. The van der Waals surface area contributed by atoms with Crippen LogP contribution in [0, 0.1) is 5.82 Å². The molecule has 0 bridgehead atoms. The van der Waals surface area contributed by atoms with Gasteiger partial charge in [-0.3, -0.25) is 14.5 Å².